The molecule has 0 saturated heterocycles. The number of hydrogen-bond donors (Lipinski definition) is 2. The molecule has 0 heterocycles. The number of benzene rings is 1. The second kappa shape index (κ2) is 7.68. The molecule has 0 bridgehead atoms. The lowest BCUT2D eigenvalue weighted by molar-refractivity contribution is -0.124. The minimum Gasteiger partial charge on any atom is -0.483 e. The molecule has 1 aliphatic rings. The molecule has 5 nitrogen and oxygen atoms in total. The molecular weight excluding hydrogens is 316 g/mol. The molecule has 0 radical (unpaired) electrons. The maximum Gasteiger partial charge on any atom is 0.258 e. The van der Waals surface area contributed by atoms with Crippen LogP contribution in [0.5, 0.6) is 5.75 Å². The molecular formula is C17H23ClN2O3. The molecule has 0 spiro atoms. The molecule has 1 aromatic carbocycles. The van der Waals surface area contributed by atoms with Gasteiger partial charge in [-0.15, -0.1) is 0 Å². The van der Waals surface area contributed by atoms with Gasteiger partial charge in [0.25, 0.3) is 11.8 Å². The lowest BCUT2D eigenvalue weighted by Crippen LogP contribution is -2.45. The van der Waals surface area contributed by atoms with E-state index >= 15 is 0 Å². The van der Waals surface area contributed by atoms with Crippen molar-refractivity contribution in [3.8, 4) is 5.75 Å². The van der Waals surface area contributed by atoms with E-state index in [0.717, 1.165) is 12.8 Å². The van der Waals surface area contributed by atoms with Crippen LogP contribution >= 0.6 is 11.6 Å². The van der Waals surface area contributed by atoms with Gasteiger partial charge < -0.3 is 15.8 Å². The van der Waals surface area contributed by atoms with Crippen molar-refractivity contribution < 1.29 is 14.3 Å². The number of carbonyl (C=O) groups is 2. The summed E-state index contributed by atoms with van der Waals surface area (Å²) in [5.41, 5.74) is 5.47. The van der Waals surface area contributed by atoms with Crippen molar-refractivity contribution in [3.05, 3.63) is 28.8 Å². The van der Waals surface area contributed by atoms with E-state index in [1.165, 1.54) is 12.5 Å². The Kier molecular flexibility index (Phi) is 5.88. The van der Waals surface area contributed by atoms with E-state index in [4.69, 9.17) is 22.1 Å². The lowest BCUT2D eigenvalue weighted by Gasteiger charge is -2.34. The predicted octanol–water partition coefficient (Wildman–Crippen LogP) is 2.76. The van der Waals surface area contributed by atoms with Crippen molar-refractivity contribution in [1.82, 2.24) is 5.32 Å². The summed E-state index contributed by atoms with van der Waals surface area (Å²) in [6.45, 7) is 4.23. The number of amides is 2. The number of ether oxygens (including phenoxy) is 1. The Bertz CT molecular complexity index is 591. The fraction of sp³-hybridized carbons (Fsp3) is 0.529. The average molecular weight is 339 g/mol. The van der Waals surface area contributed by atoms with Crippen molar-refractivity contribution in [3.63, 3.8) is 0 Å². The zero-order valence-corrected chi connectivity index (χ0v) is 14.2. The van der Waals surface area contributed by atoms with Gasteiger partial charge in [0.05, 0.1) is 5.56 Å². The molecule has 1 aliphatic carbocycles. The van der Waals surface area contributed by atoms with Crippen LogP contribution in [-0.4, -0.2) is 24.5 Å². The van der Waals surface area contributed by atoms with Crippen molar-refractivity contribution in [2.24, 2.45) is 17.6 Å². The zero-order chi connectivity index (χ0) is 17.0. The van der Waals surface area contributed by atoms with Crippen molar-refractivity contribution in [2.75, 3.05) is 6.61 Å². The van der Waals surface area contributed by atoms with Gasteiger partial charge in [-0.2, -0.15) is 0 Å². The molecule has 6 heteroatoms. The number of rotatable bonds is 5. The maximum absolute atomic E-state index is 12.1. The van der Waals surface area contributed by atoms with E-state index in [-0.39, 0.29) is 29.9 Å². The van der Waals surface area contributed by atoms with E-state index in [0.29, 0.717) is 16.9 Å². The summed E-state index contributed by atoms with van der Waals surface area (Å²) in [4.78, 5) is 23.5. The highest BCUT2D eigenvalue weighted by Crippen LogP contribution is 2.29. The first-order chi connectivity index (χ1) is 10.9. The average Bonchev–Trinajstić information content (AvgIpc) is 2.50. The number of nitrogens with two attached hydrogens (primary N) is 1. The summed E-state index contributed by atoms with van der Waals surface area (Å²) < 4.78 is 5.45. The zero-order valence-electron chi connectivity index (χ0n) is 13.5. The molecule has 0 aromatic heterocycles. The number of hydrogen-bond acceptors (Lipinski definition) is 3. The molecule has 0 unspecified atom stereocenters. The highest BCUT2D eigenvalue weighted by molar-refractivity contribution is 6.31. The Morgan fingerprint density at radius 2 is 2.09 bits per heavy atom. The molecule has 1 aromatic rings. The molecule has 1 fully saturated rings. The Hall–Kier alpha value is -1.75. The van der Waals surface area contributed by atoms with Crippen molar-refractivity contribution >= 4 is 23.4 Å². The van der Waals surface area contributed by atoms with Gasteiger partial charge in [0, 0.05) is 11.1 Å². The quantitative estimate of drug-likeness (QED) is 0.866. The fourth-order valence-corrected chi connectivity index (χ4v) is 3.17. The van der Waals surface area contributed by atoms with Gasteiger partial charge in [-0.25, -0.2) is 0 Å². The summed E-state index contributed by atoms with van der Waals surface area (Å²) in [5.74, 6) is 0.484. The van der Waals surface area contributed by atoms with Crippen LogP contribution in [0.3, 0.4) is 0 Å². The first kappa shape index (κ1) is 17.6. The number of primary amides is 1. The van der Waals surface area contributed by atoms with Gasteiger partial charge in [0.15, 0.2) is 6.61 Å². The topological polar surface area (TPSA) is 81.4 Å². The summed E-state index contributed by atoms with van der Waals surface area (Å²) in [5, 5.41) is 3.41. The summed E-state index contributed by atoms with van der Waals surface area (Å²) in [6.07, 6.45) is 3.32. The highest BCUT2D eigenvalue weighted by Gasteiger charge is 2.28. The van der Waals surface area contributed by atoms with Crippen molar-refractivity contribution in [1.29, 1.82) is 0 Å². The van der Waals surface area contributed by atoms with Gasteiger partial charge in [-0.3, -0.25) is 9.59 Å². The Morgan fingerprint density at radius 1 is 1.35 bits per heavy atom. The largest absolute Gasteiger partial charge is 0.483 e. The van der Waals surface area contributed by atoms with Gasteiger partial charge in [0.2, 0.25) is 0 Å². The minimum absolute atomic E-state index is 0.153. The molecule has 1 saturated carbocycles. The smallest absolute Gasteiger partial charge is 0.258 e. The predicted molar refractivity (Wildman–Crippen MR) is 89.6 cm³/mol. The van der Waals surface area contributed by atoms with Crippen LogP contribution in [0, 0.1) is 11.8 Å². The molecule has 23 heavy (non-hydrogen) atoms. The Morgan fingerprint density at radius 3 is 2.78 bits per heavy atom. The lowest BCUT2D eigenvalue weighted by atomic mass is 9.78. The second-order valence-electron chi connectivity index (χ2n) is 6.23. The minimum atomic E-state index is -0.641. The molecule has 2 rings (SSSR count). The van der Waals surface area contributed by atoms with Crippen LogP contribution in [0.2, 0.25) is 5.02 Å². The van der Waals surface area contributed by atoms with Crippen LogP contribution in [0.15, 0.2) is 18.2 Å². The number of nitrogens with one attached hydrogen (secondary N) is 1. The maximum atomic E-state index is 12.1. The SMILES string of the molecule is C[C@@H]1[C@H](C)CCC[C@H]1NC(=O)COc1ccc(Cl)cc1C(N)=O. The van der Waals surface area contributed by atoms with Crippen LogP contribution in [0.25, 0.3) is 0 Å². The summed E-state index contributed by atoms with van der Waals surface area (Å²) >= 11 is 5.84. The van der Waals surface area contributed by atoms with Gasteiger partial charge in [-0.05, 0) is 36.5 Å². The molecule has 3 atom stereocenters. The Balaban J connectivity index is 1.93. The normalized spacial score (nSPS) is 24.0. The van der Waals surface area contributed by atoms with Crippen LogP contribution in [0.4, 0.5) is 0 Å². The van der Waals surface area contributed by atoms with Gasteiger partial charge in [-0.1, -0.05) is 38.3 Å². The van der Waals surface area contributed by atoms with E-state index in [9.17, 15) is 9.59 Å². The monoisotopic (exact) mass is 338 g/mol. The molecule has 0 aliphatic heterocycles. The Labute approximate surface area is 141 Å². The summed E-state index contributed by atoms with van der Waals surface area (Å²) in [6, 6.07) is 4.74. The number of halogens is 1. The third-order valence-corrected chi connectivity index (χ3v) is 4.85. The van der Waals surface area contributed by atoms with Crippen molar-refractivity contribution in [2.45, 2.75) is 39.2 Å². The van der Waals surface area contributed by atoms with E-state index in [1.807, 2.05) is 0 Å². The molecule has 2 amide bonds. The highest BCUT2D eigenvalue weighted by atomic mass is 35.5. The van der Waals surface area contributed by atoms with E-state index in [2.05, 4.69) is 19.2 Å². The van der Waals surface area contributed by atoms with Crippen LogP contribution in [0.1, 0.15) is 43.5 Å². The molecule has 3 N–H and O–H groups in total. The first-order valence-corrected chi connectivity index (χ1v) is 8.27. The summed E-state index contributed by atoms with van der Waals surface area (Å²) in [7, 11) is 0. The van der Waals surface area contributed by atoms with Crippen LogP contribution < -0.4 is 15.8 Å². The van der Waals surface area contributed by atoms with Crippen LogP contribution in [-0.2, 0) is 4.79 Å². The second-order valence-corrected chi connectivity index (χ2v) is 6.67. The van der Waals surface area contributed by atoms with Gasteiger partial charge >= 0.3 is 0 Å². The fourth-order valence-electron chi connectivity index (χ4n) is 3.00. The van der Waals surface area contributed by atoms with E-state index in [1.54, 1.807) is 12.1 Å². The van der Waals surface area contributed by atoms with Gasteiger partial charge in [0.1, 0.15) is 5.75 Å². The van der Waals surface area contributed by atoms with E-state index < -0.39 is 5.91 Å². The number of carbonyl (C=O) groups excluding carboxylic acids is 2. The first-order valence-electron chi connectivity index (χ1n) is 7.90. The molecule has 126 valence electrons. The third kappa shape index (κ3) is 4.61. The standard InChI is InChI=1S/C17H23ClN2O3/c1-10-4-3-5-14(11(10)2)20-16(21)9-23-15-7-6-12(18)8-13(15)17(19)22/h6-8,10-11,14H,3-5,9H2,1-2H3,(H2,19,22)(H,20,21)/t10-,11-,14-/m1/s1. The third-order valence-electron chi connectivity index (χ3n) is 4.62.